The van der Waals surface area contributed by atoms with Crippen LogP contribution in [0.25, 0.3) is 0 Å². The molecule has 0 saturated carbocycles. The first kappa shape index (κ1) is 8.00. The van der Waals surface area contributed by atoms with Crippen molar-refractivity contribution in [2.45, 2.75) is 40.5 Å². The summed E-state index contributed by atoms with van der Waals surface area (Å²) < 4.78 is 0. The molecule has 0 heterocycles. The molecule has 50 valence electrons. The average molecular weight is 114 g/mol. The van der Waals surface area contributed by atoms with Gasteiger partial charge in [0.1, 0.15) is 0 Å². The zero-order chi connectivity index (χ0) is 6.57. The summed E-state index contributed by atoms with van der Waals surface area (Å²) in [5, 5.41) is 0. The molecule has 0 aliphatic rings. The molecular weight excluding hydrogens is 96.1 g/mol. The lowest BCUT2D eigenvalue weighted by Gasteiger charge is -2.12. The average Bonchev–Trinajstić information content (AvgIpc) is 1.67. The first-order valence-electron chi connectivity index (χ1n) is 3.68. The molecular formula is C8H18. The van der Waals surface area contributed by atoms with Crippen molar-refractivity contribution in [2.75, 3.05) is 0 Å². The van der Waals surface area contributed by atoms with E-state index in [9.17, 15) is 0 Å². The highest BCUT2D eigenvalue weighted by Crippen LogP contribution is 2.14. The third kappa shape index (κ3) is 3.06. The summed E-state index contributed by atoms with van der Waals surface area (Å²) in [5.41, 5.74) is 0. The van der Waals surface area contributed by atoms with Crippen molar-refractivity contribution in [1.82, 2.24) is 0 Å². The van der Waals surface area contributed by atoms with Crippen LogP contribution in [0.3, 0.4) is 0 Å². The van der Waals surface area contributed by atoms with Crippen molar-refractivity contribution < 1.29 is 0 Å². The van der Waals surface area contributed by atoms with E-state index in [4.69, 9.17) is 0 Å². The maximum absolute atomic E-state index is 2.33. The van der Waals surface area contributed by atoms with Crippen LogP contribution in [0.2, 0.25) is 0 Å². The Bertz CT molecular complexity index is 46.0. The number of hydrogen-bond acceptors (Lipinski definition) is 0. The lowest BCUT2D eigenvalue weighted by Crippen LogP contribution is -2.02. The van der Waals surface area contributed by atoms with Gasteiger partial charge in [-0.25, -0.2) is 0 Å². The maximum atomic E-state index is 2.33. The monoisotopic (exact) mass is 114 g/mol. The molecule has 0 bridgehead atoms. The molecule has 0 saturated heterocycles. The minimum Gasteiger partial charge on any atom is -0.0654 e. The standard InChI is InChI=1S/C8H18/c1-5-6-8(4)7(2)3/h7-8H,5-6H2,1-4H3. The Balaban J connectivity index is 3.17. The topological polar surface area (TPSA) is 0 Å². The maximum Gasteiger partial charge on any atom is -0.0420 e. The Morgan fingerprint density at radius 1 is 1.12 bits per heavy atom. The zero-order valence-corrected chi connectivity index (χ0v) is 6.57. The van der Waals surface area contributed by atoms with Crippen LogP contribution in [-0.2, 0) is 0 Å². The van der Waals surface area contributed by atoms with Gasteiger partial charge >= 0.3 is 0 Å². The van der Waals surface area contributed by atoms with E-state index in [1.165, 1.54) is 12.8 Å². The molecule has 0 spiro atoms. The van der Waals surface area contributed by atoms with Crippen molar-refractivity contribution in [3.05, 3.63) is 0 Å². The molecule has 0 rings (SSSR count). The molecule has 0 aromatic rings. The van der Waals surface area contributed by atoms with Crippen LogP contribution in [-0.4, -0.2) is 0 Å². The Morgan fingerprint density at radius 3 is 1.75 bits per heavy atom. The van der Waals surface area contributed by atoms with Gasteiger partial charge in [-0.2, -0.15) is 0 Å². The van der Waals surface area contributed by atoms with Crippen LogP contribution in [0.15, 0.2) is 0 Å². The van der Waals surface area contributed by atoms with E-state index in [0.717, 1.165) is 11.8 Å². The second kappa shape index (κ2) is 3.94. The summed E-state index contributed by atoms with van der Waals surface area (Å²) >= 11 is 0. The summed E-state index contributed by atoms with van der Waals surface area (Å²) in [5.74, 6) is 1.79. The lowest BCUT2D eigenvalue weighted by molar-refractivity contribution is 0.389. The number of hydrogen-bond donors (Lipinski definition) is 0. The second-order valence-electron chi connectivity index (χ2n) is 3.01. The molecule has 0 heteroatoms. The second-order valence-corrected chi connectivity index (χ2v) is 3.01. The van der Waals surface area contributed by atoms with Gasteiger partial charge in [0.05, 0.1) is 0 Å². The minimum absolute atomic E-state index is 0.870. The van der Waals surface area contributed by atoms with Crippen LogP contribution >= 0.6 is 0 Å². The predicted molar refractivity (Wildman–Crippen MR) is 38.9 cm³/mol. The third-order valence-electron chi connectivity index (χ3n) is 1.88. The highest BCUT2D eigenvalue weighted by atomic mass is 14.1. The molecule has 0 aromatic carbocycles. The summed E-state index contributed by atoms with van der Waals surface area (Å²) in [7, 11) is 0. The Labute approximate surface area is 53.3 Å². The van der Waals surface area contributed by atoms with Crippen LogP contribution in [0, 0.1) is 11.8 Å². The largest absolute Gasteiger partial charge is 0.0654 e. The SMILES string of the molecule is CCCC(C)C(C)C. The van der Waals surface area contributed by atoms with Gasteiger partial charge in [-0.15, -0.1) is 0 Å². The Hall–Kier alpha value is 0. The Morgan fingerprint density at radius 2 is 1.62 bits per heavy atom. The summed E-state index contributed by atoms with van der Waals surface area (Å²) in [6, 6.07) is 0. The first-order valence-corrected chi connectivity index (χ1v) is 3.68. The summed E-state index contributed by atoms with van der Waals surface area (Å²) in [4.78, 5) is 0. The molecule has 0 radical (unpaired) electrons. The summed E-state index contributed by atoms with van der Waals surface area (Å²) in [6.45, 7) is 9.16. The Kier molecular flexibility index (Phi) is 3.94. The van der Waals surface area contributed by atoms with E-state index in [2.05, 4.69) is 27.7 Å². The van der Waals surface area contributed by atoms with Gasteiger partial charge in [0.15, 0.2) is 0 Å². The minimum atomic E-state index is 0.870. The van der Waals surface area contributed by atoms with Crippen molar-refractivity contribution in [1.29, 1.82) is 0 Å². The molecule has 0 fully saturated rings. The highest BCUT2D eigenvalue weighted by Gasteiger charge is 2.03. The molecule has 8 heavy (non-hydrogen) atoms. The van der Waals surface area contributed by atoms with E-state index in [1.807, 2.05) is 0 Å². The van der Waals surface area contributed by atoms with Crippen LogP contribution in [0.4, 0.5) is 0 Å². The van der Waals surface area contributed by atoms with Gasteiger partial charge < -0.3 is 0 Å². The van der Waals surface area contributed by atoms with Gasteiger partial charge in [0, 0.05) is 0 Å². The van der Waals surface area contributed by atoms with Crippen molar-refractivity contribution >= 4 is 0 Å². The van der Waals surface area contributed by atoms with Crippen LogP contribution < -0.4 is 0 Å². The molecule has 0 amide bonds. The van der Waals surface area contributed by atoms with Crippen molar-refractivity contribution in [2.24, 2.45) is 11.8 Å². The fourth-order valence-electron chi connectivity index (χ4n) is 0.789. The van der Waals surface area contributed by atoms with Crippen LogP contribution in [0.5, 0.6) is 0 Å². The molecule has 1 atom stereocenters. The van der Waals surface area contributed by atoms with E-state index in [0.29, 0.717) is 0 Å². The molecule has 0 aromatic heterocycles. The van der Waals surface area contributed by atoms with Crippen molar-refractivity contribution in [3.8, 4) is 0 Å². The van der Waals surface area contributed by atoms with E-state index in [1.54, 1.807) is 0 Å². The molecule has 0 aliphatic carbocycles. The van der Waals surface area contributed by atoms with Crippen LogP contribution in [0.1, 0.15) is 40.5 Å². The fraction of sp³-hybridized carbons (Fsp3) is 1.00. The first-order chi connectivity index (χ1) is 3.68. The molecule has 0 aliphatic heterocycles. The van der Waals surface area contributed by atoms with Gasteiger partial charge in [0.25, 0.3) is 0 Å². The predicted octanol–water partition coefficient (Wildman–Crippen LogP) is 3.08. The van der Waals surface area contributed by atoms with Gasteiger partial charge in [-0.1, -0.05) is 40.5 Å². The molecule has 0 N–H and O–H groups in total. The van der Waals surface area contributed by atoms with E-state index < -0.39 is 0 Å². The summed E-state index contributed by atoms with van der Waals surface area (Å²) in [6.07, 6.45) is 2.72. The number of rotatable bonds is 3. The smallest absolute Gasteiger partial charge is 0.0420 e. The third-order valence-corrected chi connectivity index (χ3v) is 1.88. The van der Waals surface area contributed by atoms with E-state index >= 15 is 0 Å². The van der Waals surface area contributed by atoms with Crippen molar-refractivity contribution in [3.63, 3.8) is 0 Å². The molecule has 0 nitrogen and oxygen atoms in total. The fourth-order valence-corrected chi connectivity index (χ4v) is 0.789. The van der Waals surface area contributed by atoms with Gasteiger partial charge in [0.2, 0.25) is 0 Å². The highest BCUT2D eigenvalue weighted by molar-refractivity contribution is 4.54. The van der Waals surface area contributed by atoms with Gasteiger partial charge in [-0.3, -0.25) is 0 Å². The normalized spacial score (nSPS) is 14.6. The quantitative estimate of drug-likeness (QED) is 0.529. The van der Waals surface area contributed by atoms with Gasteiger partial charge in [-0.05, 0) is 11.8 Å². The lowest BCUT2D eigenvalue weighted by atomic mass is 9.94. The molecule has 1 unspecified atom stereocenters. The van der Waals surface area contributed by atoms with E-state index in [-0.39, 0.29) is 0 Å². The zero-order valence-electron chi connectivity index (χ0n) is 6.57.